The van der Waals surface area contributed by atoms with Gasteiger partial charge in [0.1, 0.15) is 0 Å². The Morgan fingerprint density at radius 3 is 2.63 bits per heavy atom. The Hall–Kier alpha value is -1.49. The Morgan fingerprint density at radius 1 is 1.37 bits per heavy atom. The highest BCUT2D eigenvalue weighted by Crippen LogP contribution is 2.28. The number of benzene rings is 1. The van der Waals surface area contributed by atoms with Crippen LogP contribution in [0.1, 0.15) is 44.6 Å². The molecular weight excluding hydrogens is 247 g/mol. The topological polar surface area (TPSA) is 55.2 Å². The van der Waals surface area contributed by atoms with Crippen molar-refractivity contribution in [1.82, 2.24) is 5.32 Å². The van der Waals surface area contributed by atoms with Crippen molar-refractivity contribution in [2.24, 2.45) is 0 Å². The summed E-state index contributed by atoms with van der Waals surface area (Å²) in [5.41, 5.74) is 0.388. The second kappa shape index (κ2) is 5.65. The zero-order chi connectivity index (χ0) is 13.9. The van der Waals surface area contributed by atoms with Crippen molar-refractivity contribution in [3.8, 4) is 0 Å². The molecule has 0 aromatic heterocycles. The van der Waals surface area contributed by atoms with Crippen LogP contribution >= 0.6 is 0 Å². The normalized spacial score (nSPS) is 18.2. The van der Waals surface area contributed by atoms with E-state index in [9.17, 15) is 14.5 Å². The van der Waals surface area contributed by atoms with Gasteiger partial charge in [-0.2, -0.15) is 4.39 Å². The first kappa shape index (κ1) is 13.9. The quantitative estimate of drug-likeness (QED) is 0.669. The van der Waals surface area contributed by atoms with Crippen molar-refractivity contribution < 1.29 is 9.31 Å². The van der Waals surface area contributed by atoms with Gasteiger partial charge in [0.15, 0.2) is 0 Å². The van der Waals surface area contributed by atoms with Crippen LogP contribution in [0, 0.1) is 15.9 Å². The maximum Gasteiger partial charge on any atom is 0.304 e. The van der Waals surface area contributed by atoms with Gasteiger partial charge in [0, 0.05) is 18.2 Å². The van der Waals surface area contributed by atoms with Crippen LogP contribution in [0.3, 0.4) is 0 Å². The Bertz CT molecular complexity index is 471. The number of nitrogens with one attached hydrogen (secondary N) is 1. The molecule has 4 nitrogen and oxygen atoms in total. The van der Waals surface area contributed by atoms with E-state index in [4.69, 9.17) is 0 Å². The second-order valence-corrected chi connectivity index (χ2v) is 5.52. The number of hydrogen-bond donors (Lipinski definition) is 1. The van der Waals surface area contributed by atoms with Crippen molar-refractivity contribution in [2.75, 3.05) is 0 Å². The lowest BCUT2D eigenvalue weighted by atomic mass is 9.83. The fourth-order valence-electron chi connectivity index (χ4n) is 2.63. The lowest BCUT2D eigenvalue weighted by molar-refractivity contribution is -0.387. The van der Waals surface area contributed by atoms with Crippen molar-refractivity contribution in [2.45, 2.75) is 51.1 Å². The molecule has 0 spiro atoms. The number of hydrogen-bond acceptors (Lipinski definition) is 3. The largest absolute Gasteiger partial charge is 0.307 e. The molecule has 1 N–H and O–H groups in total. The average molecular weight is 266 g/mol. The van der Waals surface area contributed by atoms with Gasteiger partial charge in [-0.25, -0.2) is 0 Å². The maximum atomic E-state index is 13.5. The molecule has 0 aliphatic heterocycles. The molecule has 5 heteroatoms. The molecule has 1 aliphatic carbocycles. The summed E-state index contributed by atoms with van der Waals surface area (Å²) in [5, 5.41) is 14.0. The lowest BCUT2D eigenvalue weighted by Gasteiger charge is -2.34. The van der Waals surface area contributed by atoms with Crippen LogP contribution < -0.4 is 5.32 Å². The van der Waals surface area contributed by atoms with E-state index in [2.05, 4.69) is 12.2 Å². The van der Waals surface area contributed by atoms with E-state index in [1.165, 1.54) is 31.4 Å². The predicted octanol–water partition coefficient (Wildman–Crippen LogP) is 3.55. The van der Waals surface area contributed by atoms with E-state index in [0.717, 1.165) is 18.4 Å². The van der Waals surface area contributed by atoms with Gasteiger partial charge in [-0.15, -0.1) is 0 Å². The average Bonchev–Trinajstić information content (AvgIpc) is 2.37. The maximum absolute atomic E-state index is 13.5. The standard InChI is InChI=1S/C14H19FN2O2/c1-14(7-3-2-4-8-14)16-10-11-5-6-13(17(18)19)12(15)9-11/h5-6,9,16H,2-4,7-8,10H2,1H3. The van der Waals surface area contributed by atoms with Gasteiger partial charge < -0.3 is 5.32 Å². The smallest absolute Gasteiger partial charge is 0.304 e. The summed E-state index contributed by atoms with van der Waals surface area (Å²) >= 11 is 0. The van der Waals surface area contributed by atoms with Crippen LogP contribution in [0.25, 0.3) is 0 Å². The molecule has 0 unspecified atom stereocenters. The monoisotopic (exact) mass is 266 g/mol. The molecule has 1 aromatic rings. The molecular formula is C14H19FN2O2. The molecule has 0 amide bonds. The van der Waals surface area contributed by atoms with Crippen molar-refractivity contribution in [3.63, 3.8) is 0 Å². The highest BCUT2D eigenvalue weighted by molar-refractivity contribution is 5.35. The summed E-state index contributed by atoms with van der Waals surface area (Å²) in [5.74, 6) is -0.766. The fraction of sp³-hybridized carbons (Fsp3) is 0.571. The molecule has 0 heterocycles. The van der Waals surface area contributed by atoms with Crippen LogP contribution in [-0.2, 0) is 6.54 Å². The number of rotatable bonds is 4. The minimum absolute atomic E-state index is 0.108. The summed E-state index contributed by atoms with van der Waals surface area (Å²) in [6, 6.07) is 4.09. The van der Waals surface area contributed by atoms with Gasteiger partial charge in [-0.3, -0.25) is 10.1 Å². The highest BCUT2D eigenvalue weighted by atomic mass is 19.1. The molecule has 19 heavy (non-hydrogen) atoms. The minimum Gasteiger partial charge on any atom is -0.307 e. The van der Waals surface area contributed by atoms with Crippen LogP contribution in [0.15, 0.2) is 18.2 Å². The SMILES string of the molecule is CC1(NCc2ccc([N+](=O)[O-])c(F)c2)CCCCC1. The molecule has 0 saturated heterocycles. The molecule has 0 radical (unpaired) electrons. The third-order valence-electron chi connectivity index (χ3n) is 3.89. The zero-order valence-electron chi connectivity index (χ0n) is 11.1. The van der Waals surface area contributed by atoms with Crippen molar-refractivity contribution >= 4 is 5.69 Å². The third kappa shape index (κ3) is 3.50. The number of nitro benzene ring substituents is 1. The van der Waals surface area contributed by atoms with Crippen LogP contribution in [-0.4, -0.2) is 10.5 Å². The Morgan fingerprint density at radius 2 is 2.05 bits per heavy atom. The van der Waals surface area contributed by atoms with Crippen molar-refractivity contribution in [1.29, 1.82) is 0 Å². The summed E-state index contributed by atoms with van der Waals surface area (Å²) in [6.45, 7) is 2.74. The zero-order valence-corrected chi connectivity index (χ0v) is 11.1. The van der Waals surface area contributed by atoms with Crippen molar-refractivity contribution in [3.05, 3.63) is 39.7 Å². The number of nitrogens with zero attached hydrogens (tertiary/aromatic N) is 1. The Kier molecular flexibility index (Phi) is 4.14. The Balaban J connectivity index is 2.00. The fourth-order valence-corrected chi connectivity index (χ4v) is 2.63. The van der Waals surface area contributed by atoms with E-state index < -0.39 is 16.4 Å². The second-order valence-electron chi connectivity index (χ2n) is 5.52. The molecule has 0 atom stereocenters. The first-order valence-electron chi connectivity index (χ1n) is 6.68. The minimum atomic E-state index is -0.766. The molecule has 1 fully saturated rings. The summed E-state index contributed by atoms with van der Waals surface area (Å²) in [4.78, 5) is 9.84. The summed E-state index contributed by atoms with van der Waals surface area (Å²) < 4.78 is 13.5. The first-order chi connectivity index (χ1) is 9.00. The summed E-state index contributed by atoms with van der Waals surface area (Å²) in [6.07, 6.45) is 5.98. The predicted molar refractivity (Wildman–Crippen MR) is 71.4 cm³/mol. The molecule has 1 aliphatic rings. The van der Waals surface area contributed by atoms with E-state index in [0.29, 0.717) is 6.54 Å². The van der Waals surface area contributed by atoms with E-state index in [1.54, 1.807) is 6.07 Å². The number of nitro groups is 1. The third-order valence-corrected chi connectivity index (χ3v) is 3.89. The van der Waals surface area contributed by atoms with E-state index >= 15 is 0 Å². The molecule has 1 aromatic carbocycles. The molecule has 1 saturated carbocycles. The van der Waals surface area contributed by atoms with Gasteiger partial charge in [-0.1, -0.05) is 25.3 Å². The van der Waals surface area contributed by atoms with Crippen LogP contribution in [0.2, 0.25) is 0 Å². The number of halogens is 1. The van der Waals surface area contributed by atoms with E-state index in [-0.39, 0.29) is 5.54 Å². The Labute approximate surface area is 112 Å². The van der Waals surface area contributed by atoms with E-state index in [1.807, 2.05) is 0 Å². The highest BCUT2D eigenvalue weighted by Gasteiger charge is 2.25. The van der Waals surface area contributed by atoms with Gasteiger partial charge >= 0.3 is 5.69 Å². The van der Waals surface area contributed by atoms with Gasteiger partial charge in [-0.05, 0) is 31.4 Å². The molecule has 0 bridgehead atoms. The first-order valence-corrected chi connectivity index (χ1v) is 6.68. The van der Waals surface area contributed by atoms with Crippen LogP contribution in [0.5, 0.6) is 0 Å². The van der Waals surface area contributed by atoms with Gasteiger partial charge in [0.05, 0.1) is 4.92 Å². The van der Waals surface area contributed by atoms with Gasteiger partial charge in [0.25, 0.3) is 0 Å². The summed E-state index contributed by atoms with van der Waals surface area (Å²) in [7, 11) is 0. The van der Waals surface area contributed by atoms with Gasteiger partial charge in [0.2, 0.25) is 5.82 Å². The van der Waals surface area contributed by atoms with Crippen LogP contribution in [0.4, 0.5) is 10.1 Å². The lowest BCUT2D eigenvalue weighted by Crippen LogP contribution is -2.43. The molecule has 2 rings (SSSR count). The molecule has 104 valence electrons.